The molecule has 0 fully saturated rings. The number of hydrogen-bond acceptors (Lipinski definition) is 5. The second kappa shape index (κ2) is 9.22. The van der Waals surface area contributed by atoms with E-state index in [1.165, 1.54) is 31.4 Å². The molecule has 1 atom stereocenters. The number of anilines is 3. The number of carbonyl (C=O) groups excluding carboxylic acids is 2. The number of nitrogens with one attached hydrogen (secondary N) is 2. The molecule has 4 rings (SSSR count). The fourth-order valence-corrected chi connectivity index (χ4v) is 3.78. The van der Waals surface area contributed by atoms with Gasteiger partial charge in [-0.1, -0.05) is 17.7 Å². The van der Waals surface area contributed by atoms with Crippen LogP contribution in [-0.4, -0.2) is 36.5 Å². The molecule has 0 bridgehead atoms. The third-order valence-electron chi connectivity index (χ3n) is 5.18. The van der Waals surface area contributed by atoms with Crippen LogP contribution in [0, 0.1) is 0 Å². The van der Waals surface area contributed by atoms with Gasteiger partial charge in [0.1, 0.15) is 12.6 Å². The monoisotopic (exact) mass is 490 g/mol. The van der Waals surface area contributed by atoms with Crippen molar-refractivity contribution in [2.75, 3.05) is 23.9 Å². The van der Waals surface area contributed by atoms with Crippen molar-refractivity contribution in [2.24, 2.45) is 0 Å². The van der Waals surface area contributed by atoms with Gasteiger partial charge in [0.15, 0.2) is 11.6 Å². The molecule has 0 spiro atoms. The maximum Gasteiger partial charge on any atom is 0.416 e. The van der Waals surface area contributed by atoms with Crippen molar-refractivity contribution < 1.29 is 27.5 Å². The minimum atomic E-state index is -4.48. The largest absolute Gasteiger partial charge is 0.488 e. The first-order chi connectivity index (χ1) is 16.2. The highest BCUT2D eigenvalue weighted by Gasteiger charge is 2.37. The summed E-state index contributed by atoms with van der Waals surface area (Å²) in [7, 11) is 1.49. The van der Waals surface area contributed by atoms with Crippen LogP contribution in [0.15, 0.2) is 60.8 Å². The van der Waals surface area contributed by atoms with E-state index in [1.807, 2.05) is 0 Å². The van der Waals surface area contributed by atoms with Crippen molar-refractivity contribution in [3.05, 3.63) is 76.9 Å². The summed E-state index contributed by atoms with van der Waals surface area (Å²) < 4.78 is 44.2. The lowest BCUT2D eigenvalue weighted by Gasteiger charge is -2.37. The summed E-state index contributed by atoms with van der Waals surface area (Å²) in [5.41, 5.74) is -0.126. The summed E-state index contributed by atoms with van der Waals surface area (Å²) in [6, 6.07) is 11.3. The summed E-state index contributed by atoms with van der Waals surface area (Å²) in [4.78, 5) is 31.5. The number of nitrogens with zero attached hydrogens (tertiary/aromatic N) is 2. The lowest BCUT2D eigenvalue weighted by atomic mass is 10.1. The number of amides is 2. The highest BCUT2D eigenvalue weighted by atomic mass is 35.5. The molecule has 0 saturated heterocycles. The number of carbonyl (C=O) groups is 2. The van der Waals surface area contributed by atoms with Gasteiger partial charge in [-0.25, -0.2) is 4.98 Å². The molecule has 0 radical (unpaired) electrons. The maximum absolute atomic E-state index is 13.0. The zero-order valence-electron chi connectivity index (χ0n) is 17.7. The molecular weight excluding hydrogens is 473 g/mol. The van der Waals surface area contributed by atoms with E-state index in [0.29, 0.717) is 16.5 Å². The quantitative estimate of drug-likeness (QED) is 0.556. The van der Waals surface area contributed by atoms with Gasteiger partial charge in [-0.3, -0.25) is 9.59 Å². The molecule has 1 aliphatic heterocycles. The summed E-state index contributed by atoms with van der Waals surface area (Å²) in [6.45, 7) is -0.0931. The van der Waals surface area contributed by atoms with E-state index in [4.69, 9.17) is 16.3 Å². The SMILES string of the molecule is CNC(=O)[C@H]1COc2c(C(=O)Nc3ccc(C(F)(F)F)cc3)cccc2N1c1ncccc1Cl. The summed E-state index contributed by atoms with van der Waals surface area (Å²) in [6.07, 6.45) is -2.95. The highest BCUT2D eigenvalue weighted by Crippen LogP contribution is 2.43. The number of aromatic nitrogens is 1. The number of halogens is 4. The van der Waals surface area contributed by atoms with Crippen molar-refractivity contribution in [2.45, 2.75) is 12.2 Å². The van der Waals surface area contributed by atoms with E-state index < -0.39 is 23.7 Å². The van der Waals surface area contributed by atoms with Crippen molar-refractivity contribution in [3.63, 3.8) is 0 Å². The van der Waals surface area contributed by atoms with Gasteiger partial charge in [-0.05, 0) is 48.5 Å². The van der Waals surface area contributed by atoms with E-state index in [2.05, 4.69) is 15.6 Å². The van der Waals surface area contributed by atoms with E-state index in [9.17, 15) is 22.8 Å². The van der Waals surface area contributed by atoms with Gasteiger partial charge < -0.3 is 20.3 Å². The average Bonchev–Trinajstić information content (AvgIpc) is 2.82. The number of ether oxygens (including phenoxy) is 1. The number of likely N-dealkylation sites (N-methyl/N-ethyl adjacent to an activating group) is 1. The molecule has 2 N–H and O–H groups in total. The lowest BCUT2D eigenvalue weighted by molar-refractivity contribution is -0.137. The van der Waals surface area contributed by atoms with Crippen molar-refractivity contribution in [1.82, 2.24) is 10.3 Å². The molecule has 11 heteroatoms. The topological polar surface area (TPSA) is 83.6 Å². The Morgan fingerprint density at radius 1 is 1.12 bits per heavy atom. The number of fused-ring (bicyclic) bond motifs is 1. The average molecular weight is 491 g/mol. The summed E-state index contributed by atoms with van der Waals surface area (Å²) in [5.74, 6) is -0.439. The van der Waals surface area contributed by atoms with Crippen LogP contribution in [0.1, 0.15) is 15.9 Å². The zero-order valence-corrected chi connectivity index (χ0v) is 18.4. The second-order valence-electron chi connectivity index (χ2n) is 7.30. The minimum absolute atomic E-state index is 0.0931. The molecular formula is C23H18ClF3N4O3. The first-order valence-electron chi connectivity index (χ1n) is 10.1. The number of pyridine rings is 1. The Labute approximate surface area is 197 Å². The van der Waals surface area contributed by atoms with Crippen LogP contribution >= 0.6 is 11.6 Å². The molecule has 176 valence electrons. The van der Waals surface area contributed by atoms with Gasteiger partial charge >= 0.3 is 6.18 Å². The molecule has 3 aromatic rings. The van der Waals surface area contributed by atoms with Crippen LogP contribution in [0.4, 0.5) is 30.4 Å². The number of benzene rings is 2. The first kappa shape index (κ1) is 23.4. The number of hydrogen-bond donors (Lipinski definition) is 2. The molecule has 34 heavy (non-hydrogen) atoms. The first-order valence-corrected chi connectivity index (χ1v) is 10.4. The Hall–Kier alpha value is -3.79. The standard InChI is InChI=1S/C23H18ClF3N4O3/c1-28-22(33)18-12-34-19-15(21(32)30-14-9-7-13(8-10-14)23(25,26)27)4-2-6-17(19)31(18)20-16(24)5-3-11-29-20/h2-11,18H,12H2,1H3,(H,28,33)(H,30,32)/t18-/m1/s1. The lowest BCUT2D eigenvalue weighted by Crippen LogP contribution is -2.50. The normalized spacial score (nSPS) is 15.2. The van der Waals surface area contributed by atoms with Gasteiger partial charge in [-0.2, -0.15) is 13.2 Å². The van der Waals surface area contributed by atoms with Crippen LogP contribution < -0.4 is 20.3 Å². The van der Waals surface area contributed by atoms with Gasteiger partial charge in [0.25, 0.3) is 5.91 Å². The molecule has 0 aliphatic carbocycles. The molecule has 2 amide bonds. The van der Waals surface area contributed by atoms with Gasteiger partial charge in [0.2, 0.25) is 5.91 Å². The van der Waals surface area contributed by atoms with Crippen LogP contribution in [0.5, 0.6) is 5.75 Å². The Kier molecular flexibility index (Phi) is 6.34. The Bertz CT molecular complexity index is 1230. The zero-order chi connectivity index (χ0) is 24.5. The van der Waals surface area contributed by atoms with Crippen LogP contribution in [0.2, 0.25) is 5.02 Å². The van der Waals surface area contributed by atoms with Gasteiger partial charge in [-0.15, -0.1) is 0 Å². The third kappa shape index (κ3) is 4.49. The molecule has 0 unspecified atom stereocenters. The number of alkyl halides is 3. The minimum Gasteiger partial charge on any atom is -0.488 e. The fourth-order valence-electron chi connectivity index (χ4n) is 3.57. The van der Waals surface area contributed by atoms with Gasteiger partial charge in [0.05, 0.1) is 21.8 Å². The summed E-state index contributed by atoms with van der Waals surface area (Å²) in [5, 5.41) is 5.45. The predicted octanol–water partition coefficient (Wildman–Crippen LogP) is 4.65. The maximum atomic E-state index is 13.0. The second-order valence-corrected chi connectivity index (χ2v) is 7.71. The predicted molar refractivity (Wildman–Crippen MR) is 121 cm³/mol. The molecule has 1 aromatic heterocycles. The van der Waals surface area contributed by atoms with Crippen molar-refractivity contribution in [1.29, 1.82) is 0 Å². The van der Waals surface area contributed by atoms with Crippen LogP contribution in [0.3, 0.4) is 0 Å². The number of para-hydroxylation sites is 1. The van der Waals surface area contributed by atoms with E-state index >= 15 is 0 Å². The van der Waals surface area contributed by atoms with E-state index in [1.54, 1.807) is 29.2 Å². The fraction of sp³-hybridized carbons (Fsp3) is 0.174. The number of rotatable bonds is 4. The Balaban J connectivity index is 1.70. The summed E-state index contributed by atoms with van der Waals surface area (Å²) >= 11 is 6.36. The van der Waals surface area contributed by atoms with Gasteiger partial charge in [0, 0.05) is 18.9 Å². The molecule has 7 nitrogen and oxygen atoms in total. The molecule has 1 aliphatic rings. The molecule has 2 heterocycles. The Morgan fingerprint density at radius 2 is 1.85 bits per heavy atom. The molecule has 2 aromatic carbocycles. The van der Waals surface area contributed by atoms with Crippen LogP contribution in [0.25, 0.3) is 0 Å². The van der Waals surface area contributed by atoms with Crippen LogP contribution in [-0.2, 0) is 11.0 Å². The Morgan fingerprint density at radius 3 is 2.50 bits per heavy atom. The van der Waals surface area contributed by atoms with Crippen molar-refractivity contribution in [3.8, 4) is 5.75 Å². The van der Waals surface area contributed by atoms with E-state index in [-0.39, 0.29) is 29.5 Å². The third-order valence-corrected chi connectivity index (χ3v) is 5.48. The van der Waals surface area contributed by atoms with E-state index in [0.717, 1.165) is 12.1 Å². The molecule has 0 saturated carbocycles. The van der Waals surface area contributed by atoms with Crippen molar-refractivity contribution >= 4 is 40.6 Å². The smallest absolute Gasteiger partial charge is 0.416 e. The highest BCUT2D eigenvalue weighted by molar-refractivity contribution is 6.33.